The Kier molecular flexibility index (Phi) is 47.3. The van der Waals surface area contributed by atoms with Gasteiger partial charge in [0.25, 0.3) is 0 Å². The van der Waals surface area contributed by atoms with E-state index in [-0.39, 0.29) is 50.6 Å². The van der Waals surface area contributed by atoms with E-state index in [1.807, 2.05) is 0 Å². The SMILES string of the molecule is CC(O)CC(C)O.CC(O)CC(C)O.CCCCO.CCCCO.[Zr]. The summed E-state index contributed by atoms with van der Waals surface area (Å²) >= 11 is 0. The largest absolute Gasteiger partial charge is 0.396 e. The van der Waals surface area contributed by atoms with E-state index in [9.17, 15) is 0 Å². The van der Waals surface area contributed by atoms with Gasteiger partial charge in [-0.25, -0.2) is 0 Å². The van der Waals surface area contributed by atoms with Crippen molar-refractivity contribution >= 4 is 0 Å². The summed E-state index contributed by atoms with van der Waals surface area (Å²) in [5.74, 6) is 0. The summed E-state index contributed by atoms with van der Waals surface area (Å²) in [6, 6.07) is 0. The summed E-state index contributed by atoms with van der Waals surface area (Å²) in [5.41, 5.74) is 0. The Labute approximate surface area is 174 Å². The fraction of sp³-hybridized carbons (Fsp3) is 1.00. The smallest absolute Gasteiger partial charge is 0.0536 e. The quantitative estimate of drug-likeness (QED) is 0.338. The molecule has 0 aliphatic carbocycles. The van der Waals surface area contributed by atoms with Gasteiger partial charge >= 0.3 is 0 Å². The van der Waals surface area contributed by atoms with Gasteiger partial charge in [0.15, 0.2) is 0 Å². The molecule has 0 aromatic carbocycles. The first-order valence-electron chi connectivity index (χ1n) is 9.02. The van der Waals surface area contributed by atoms with E-state index in [0.29, 0.717) is 26.1 Å². The van der Waals surface area contributed by atoms with E-state index in [2.05, 4.69) is 13.8 Å². The Hall–Kier alpha value is 0.643. The van der Waals surface area contributed by atoms with Crippen LogP contribution in [0.25, 0.3) is 0 Å². The van der Waals surface area contributed by atoms with Gasteiger partial charge in [-0.05, 0) is 53.4 Å². The fourth-order valence-corrected chi connectivity index (χ4v) is 1.30. The molecule has 6 nitrogen and oxygen atoms in total. The zero-order chi connectivity index (χ0) is 20.0. The molecule has 0 fully saturated rings. The standard InChI is InChI=1S/2C5H12O2.2C4H10O.Zr/c2*1-4(6)3-5(2)7;2*1-2-3-4-5;/h2*4-7H,3H2,1-2H3;2*5H,2-4H2,1H3;. The summed E-state index contributed by atoms with van der Waals surface area (Å²) in [7, 11) is 0. The van der Waals surface area contributed by atoms with Crippen molar-refractivity contribution in [2.24, 2.45) is 0 Å². The van der Waals surface area contributed by atoms with Crippen LogP contribution in [-0.4, -0.2) is 68.3 Å². The van der Waals surface area contributed by atoms with Crippen LogP contribution in [0.3, 0.4) is 0 Å². The monoisotopic (exact) mass is 446 g/mol. The first kappa shape index (κ1) is 36.5. The maximum absolute atomic E-state index is 8.56. The normalized spacial score (nSPS) is 13.9. The molecule has 4 unspecified atom stereocenters. The minimum Gasteiger partial charge on any atom is -0.396 e. The number of aliphatic hydroxyl groups is 6. The van der Waals surface area contributed by atoms with Crippen molar-refractivity contribution in [1.82, 2.24) is 0 Å². The Balaban J connectivity index is -0.0000000711. The molecule has 0 saturated carbocycles. The summed E-state index contributed by atoms with van der Waals surface area (Å²) in [5, 5.41) is 50.4. The number of hydrogen-bond donors (Lipinski definition) is 6. The molecule has 0 saturated heterocycles. The molecule has 0 radical (unpaired) electrons. The second-order valence-electron chi connectivity index (χ2n) is 6.02. The van der Waals surface area contributed by atoms with Crippen molar-refractivity contribution in [2.75, 3.05) is 13.2 Å². The molecule has 0 rings (SSSR count). The zero-order valence-corrected chi connectivity index (χ0v) is 19.6. The van der Waals surface area contributed by atoms with Gasteiger partial charge < -0.3 is 30.6 Å². The minimum absolute atomic E-state index is 0. The van der Waals surface area contributed by atoms with Gasteiger partial charge in [-0.2, -0.15) is 0 Å². The van der Waals surface area contributed by atoms with Gasteiger partial charge in [0.2, 0.25) is 0 Å². The van der Waals surface area contributed by atoms with E-state index in [1.165, 1.54) is 0 Å². The van der Waals surface area contributed by atoms with Crippen molar-refractivity contribution in [3.8, 4) is 0 Å². The van der Waals surface area contributed by atoms with Gasteiger partial charge in [0.05, 0.1) is 24.4 Å². The Morgan fingerprint density at radius 2 is 0.760 bits per heavy atom. The predicted molar refractivity (Wildman–Crippen MR) is 99.9 cm³/mol. The number of hydrogen-bond acceptors (Lipinski definition) is 6. The molecule has 4 atom stereocenters. The molecule has 6 N–H and O–H groups in total. The third-order valence-electron chi connectivity index (χ3n) is 2.39. The van der Waals surface area contributed by atoms with Crippen LogP contribution in [0.2, 0.25) is 0 Å². The van der Waals surface area contributed by atoms with Crippen LogP contribution in [0.1, 0.15) is 80.1 Å². The van der Waals surface area contributed by atoms with Gasteiger partial charge in [0.1, 0.15) is 0 Å². The number of aliphatic hydroxyl groups excluding tert-OH is 6. The molecule has 156 valence electrons. The van der Waals surface area contributed by atoms with Gasteiger partial charge in [-0.1, -0.05) is 26.7 Å². The Morgan fingerprint density at radius 1 is 0.560 bits per heavy atom. The molecule has 0 amide bonds. The van der Waals surface area contributed by atoms with Crippen molar-refractivity contribution in [3.63, 3.8) is 0 Å². The van der Waals surface area contributed by atoms with Crippen LogP contribution in [0.4, 0.5) is 0 Å². The minimum atomic E-state index is -0.375. The maximum Gasteiger partial charge on any atom is 0.0536 e. The molecule has 25 heavy (non-hydrogen) atoms. The van der Waals surface area contributed by atoms with Gasteiger partial charge in [-0.3, -0.25) is 0 Å². The molecular weight excluding hydrogens is 403 g/mol. The average Bonchev–Trinajstić information content (AvgIpc) is 2.39. The van der Waals surface area contributed by atoms with E-state index in [4.69, 9.17) is 30.6 Å². The third-order valence-corrected chi connectivity index (χ3v) is 2.39. The third kappa shape index (κ3) is 79.0. The van der Waals surface area contributed by atoms with Crippen LogP contribution < -0.4 is 0 Å². The molecule has 0 aliphatic rings. The summed E-state index contributed by atoms with van der Waals surface area (Å²) < 4.78 is 0. The molecule has 0 aromatic rings. The predicted octanol–water partition coefficient (Wildman–Crippen LogP) is 1.83. The molecule has 0 heterocycles. The average molecular weight is 448 g/mol. The molecule has 0 aliphatic heterocycles. The second kappa shape index (κ2) is 32.3. The molecule has 0 spiro atoms. The first-order valence-corrected chi connectivity index (χ1v) is 9.02. The van der Waals surface area contributed by atoms with E-state index in [0.717, 1.165) is 25.7 Å². The van der Waals surface area contributed by atoms with E-state index >= 15 is 0 Å². The molecule has 7 heteroatoms. The van der Waals surface area contributed by atoms with E-state index < -0.39 is 0 Å². The fourth-order valence-electron chi connectivity index (χ4n) is 1.30. The van der Waals surface area contributed by atoms with Crippen LogP contribution >= 0.6 is 0 Å². The summed E-state index contributed by atoms with van der Waals surface area (Å²) in [6.45, 7) is 11.4. The van der Waals surface area contributed by atoms with Crippen molar-refractivity contribution in [1.29, 1.82) is 0 Å². The van der Waals surface area contributed by atoms with E-state index in [1.54, 1.807) is 27.7 Å². The number of rotatable bonds is 8. The van der Waals surface area contributed by atoms with Gasteiger partial charge in [-0.15, -0.1) is 0 Å². The molecular formula is C18H44O6Zr. The van der Waals surface area contributed by atoms with Crippen molar-refractivity contribution in [2.45, 2.75) is 104 Å². The number of unbranched alkanes of at least 4 members (excludes halogenated alkanes) is 2. The van der Waals surface area contributed by atoms with Crippen LogP contribution in [-0.2, 0) is 26.2 Å². The maximum atomic E-state index is 8.56. The topological polar surface area (TPSA) is 121 Å². The summed E-state index contributed by atoms with van der Waals surface area (Å²) in [4.78, 5) is 0. The van der Waals surface area contributed by atoms with Crippen LogP contribution in [0.15, 0.2) is 0 Å². The Morgan fingerprint density at radius 3 is 0.760 bits per heavy atom. The second-order valence-corrected chi connectivity index (χ2v) is 6.02. The van der Waals surface area contributed by atoms with Crippen molar-refractivity contribution in [3.05, 3.63) is 0 Å². The first-order chi connectivity index (χ1) is 11.1. The van der Waals surface area contributed by atoms with Gasteiger partial charge in [0, 0.05) is 39.4 Å². The van der Waals surface area contributed by atoms with Crippen LogP contribution in [0.5, 0.6) is 0 Å². The summed E-state index contributed by atoms with van der Waals surface area (Å²) in [6.07, 6.45) is 3.52. The molecule has 0 aromatic heterocycles. The molecule has 0 bridgehead atoms. The van der Waals surface area contributed by atoms with Crippen LogP contribution in [0, 0.1) is 0 Å². The van der Waals surface area contributed by atoms with Crippen molar-refractivity contribution < 1.29 is 56.8 Å². The Bertz CT molecular complexity index is 154. The zero-order valence-electron chi connectivity index (χ0n) is 17.1.